The monoisotopic (exact) mass is 386 g/mol. The van der Waals surface area contributed by atoms with Gasteiger partial charge in [0.25, 0.3) is 11.6 Å². The number of amides is 1. The molecule has 0 aromatic heterocycles. The van der Waals surface area contributed by atoms with Crippen LogP contribution in [0.4, 0.5) is 5.69 Å². The number of halogens is 1. The maximum Gasteiger partial charge on any atom is 0.270 e. The molecule has 0 radical (unpaired) electrons. The Kier molecular flexibility index (Phi) is 3.66. The van der Waals surface area contributed by atoms with Gasteiger partial charge in [0.2, 0.25) is 0 Å². The average molecular weight is 386 g/mol. The molecular weight excluding hydrogens is 371 g/mol. The molecule has 1 aliphatic heterocycles. The molecule has 1 aromatic carbocycles. The molecule has 5 nitrogen and oxygen atoms in total. The van der Waals surface area contributed by atoms with Crippen molar-refractivity contribution in [3.05, 3.63) is 37.4 Å². The van der Waals surface area contributed by atoms with Crippen LogP contribution in [0.2, 0.25) is 0 Å². The standard InChI is InChI=1S/C14H15IN2O3/c15-13-5-4-11(17(19)20)6-12(13)14(18)16-7-9-2-1-3-10(9)8-16/h4-6,9-10H,1-3,7-8H2. The maximum atomic E-state index is 12.6. The summed E-state index contributed by atoms with van der Waals surface area (Å²) in [5, 5.41) is 10.8. The number of non-ortho nitro benzene ring substituents is 1. The Morgan fingerprint density at radius 1 is 1.30 bits per heavy atom. The van der Waals surface area contributed by atoms with Crippen molar-refractivity contribution in [3.8, 4) is 0 Å². The summed E-state index contributed by atoms with van der Waals surface area (Å²) in [7, 11) is 0. The highest BCUT2D eigenvalue weighted by atomic mass is 127. The minimum atomic E-state index is -0.453. The van der Waals surface area contributed by atoms with Crippen LogP contribution in [0.1, 0.15) is 29.6 Å². The molecule has 20 heavy (non-hydrogen) atoms. The summed E-state index contributed by atoms with van der Waals surface area (Å²) in [5.41, 5.74) is 0.438. The van der Waals surface area contributed by atoms with E-state index in [4.69, 9.17) is 0 Å². The van der Waals surface area contributed by atoms with Crippen molar-refractivity contribution in [1.29, 1.82) is 0 Å². The SMILES string of the molecule is O=C(c1cc([N+](=O)[O-])ccc1I)N1CC2CCCC2C1. The van der Waals surface area contributed by atoms with Crippen LogP contribution < -0.4 is 0 Å². The third kappa shape index (κ3) is 2.41. The second kappa shape index (κ2) is 5.31. The number of nitro groups is 1. The fraction of sp³-hybridized carbons (Fsp3) is 0.500. The van der Waals surface area contributed by atoms with Crippen molar-refractivity contribution in [3.63, 3.8) is 0 Å². The third-order valence-electron chi connectivity index (χ3n) is 4.40. The summed E-state index contributed by atoms with van der Waals surface area (Å²) in [4.78, 5) is 24.8. The van der Waals surface area contributed by atoms with E-state index < -0.39 is 4.92 Å². The Balaban J connectivity index is 1.84. The molecule has 2 aliphatic rings. The van der Waals surface area contributed by atoms with E-state index in [9.17, 15) is 14.9 Å². The summed E-state index contributed by atoms with van der Waals surface area (Å²) >= 11 is 2.07. The molecule has 2 atom stereocenters. The van der Waals surface area contributed by atoms with E-state index in [1.165, 1.54) is 31.4 Å². The largest absolute Gasteiger partial charge is 0.338 e. The van der Waals surface area contributed by atoms with Gasteiger partial charge in [-0.3, -0.25) is 14.9 Å². The number of nitro benzene ring substituents is 1. The fourth-order valence-electron chi connectivity index (χ4n) is 3.36. The molecule has 6 heteroatoms. The molecule has 1 aromatic rings. The summed E-state index contributed by atoms with van der Waals surface area (Å²) in [6.07, 6.45) is 3.69. The van der Waals surface area contributed by atoms with E-state index in [0.717, 1.165) is 16.7 Å². The van der Waals surface area contributed by atoms with Crippen LogP contribution in [-0.4, -0.2) is 28.8 Å². The molecule has 1 heterocycles. The van der Waals surface area contributed by atoms with Gasteiger partial charge < -0.3 is 4.90 Å². The summed E-state index contributed by atoms with van der Waals surface area (Å²) < 4.78 is 0.773. The third-order valence-corrected chi connectivity index (χ3v) is 5.35. The fourth-order valence-corrected chi connectivity index (χ4v) is 3.93. The minimum absolute atomic E-state index is 0.0202. The van der Waals surface area contributed by atoms with Gasteiger partial charge in [0, 0.05) is 28.8 Å². The highest BCUT2D eigenvalue weighted by Gasteiger charge is 2.38. The zero-order valence-corrected chi connectivity index (χ0v) is 13.1. The van der Waals surface area contributed by atoms with E-state index in [2.05, 4.69) is 22.6 Å². The lowest BCUT2D eigenvalue weighted by molar-refractivity contribution is -0.384. The zero-order chi connectivity index (χ0) is 14.3. The summed E-state index contributed by atoms with van der Waals surface area (Å²) in [6.45, 7) is 1.62. The van der Waals surface area contributed by atoms with Crippen LogP contribution in [0, 0.1) is 25.5 Å². The van der Waals surface area contributed by atoms with Crippen LogP contribution >= 0.6 is 22.6 Å². The first-order valence-corrected chi connectivity index (χ1v) is 7.87. The van der Waals surface area contributed by atoms with Gasteiger partial charge >= 0.3 is 0 Å². The topological polar surface area (TPSA) is 63.4 Å². The van der Waals surface area contributed by atoms with Crippen molar-refractivity contribution in [1.82, 2.24) is 4.90 Å². The zero-order valence-electron chi connectivity index (χ0n) is 10.9. The number of hydrogen-bond donors (Lipinski definition) is 0. The maximum absolute atomic E-state index is 12.6. The Morgan fingerprint density at radius 2 is 1.95 bits per heavy atom. The highest BCUT2D eigenvalue weighted by Crippen LogP contribution is 2.38. The van der Waals surface area contributed by atoms with E-state index in [1.54, 1.807) is 6.07 Å². The lowest BCUT2D eigenvalue weighted by Crippen LogP contribution is -2.30. The molecule has 1 amide bonds. The van der Waals surface area contributed by atoms with E-state index in [-0.39, 0.29) is 11.6 Å². The molecule has 2 fully saturated rings. The Bertz CT molecular complexity index is 564. The molecule has 3 rings (SSSR count). The Labute approximate surface area is 130 Å². The predicted molar refractivity (Wildman–Crippen MR) is 82.5 cm³/mol. The van der Waals surface area contributed by atoms with Gasteiger partial charge in [-0.15, -0.1) is 0 Å². The second-order valence-electron chi connectivity index (χ2n) is 5.58. The molecule has 1 saturated heterocycles. The molecule has 1 aliphatic carbocycles. The second-order valence-corrected chi connectivity index (χ2v) is 6.74. The van der Waals surface area contributed by atoms with Crippen molar-refractivity contribution in [2.45, 2.75) is 19.3 Å². The molecule has 106 valence electrons. The van der Waals surface area contributed by atoms with Crippen LogP contribution in [0.25, 0.3) is 0 Å². The van der Waals surface area contributed by atoms with Gasteiger partial charge in [0.1, 0.15) is 0 Å². The van der Waals surface area contributed by atoms with Gasteiger partial charge in [-0.05, 0) is 53.3 Å². The molecular formula is C14H15IN2O3. The van der Waals surface area contributed by atoms with Crippen LogP contribution in [-0.2, 0) is 0 Å². The quantitative estimate of drug-likeness (QED) is 0.446. The van der Waals surface area contributed by atoms with Crippen molar-refractivity contribution in [2.75, 3.05) is 13.1 Å². The van der Waals surface area contributed by atoms with E-state index >= 15 is 0 Å². The van der Waals surface area contributed by atoms with Gasteiger partial charge in [-0.2, -0.15) is 0 Å². The van der Waals surface area contributed by atoms with Crippen LogP contribution in [0.15, 0.2) is 18.2 Å². The van der Waals surface area contributed by atoms with Gasteiger partial charge in [-0.1, -0.05) is 6.42 Å². The van der Waals surface area contributed by atoms with Crippen molar-refractivity contribution < 1.29 is 9.72 Å². The lowest BCUT2D eigenvalue weighted by atomic mass is 10.0. The van der Waals surface area contributed by atoms with Gasteiger partial charge in [0.15, 0.2) is 0 Å². The van der Waals surface area contributed by atoms with Gasteiger partial charge in [-0.25, -0.2) is 0 Å². The number of carbonyl (C=O) groups excluding carboxylic acids is 1. The van der Waals surface area contributed by atoms with Gasteiger partial charge in [0.05, 0.1) is 10.5 Å². The lowest BCUT2D eigenvalue weighted by Gasteiger charge is -2.18. The molecule has 0 N–H and O–H groups in total. The summed E-state index contributed by atoms with van der Waals surface area (Å²) in [6, 6.07) is 4.48. The van der Waals surface area contributed by atoms with E-state index in [1.807, 2.05) is 4.90 Å². The smallest absolute Gasteiger partial charge is 0.270 e. The van der Waals surface area contributed by atoms with Crippen molar-refractivity contribution in [2.24, 2.45) is 11.8 Å². The van der Waals surface area contributed by atoms with Crippen LogP contribution in [0.3, 0.4) is 0 Å². The number of carbonyl (C=O) groups is 1. The normalized spacial score (nSPS) is 24.8. The van der Waals surface area contributed by atoms with E-state index in [0.29, 0.717) is 17.4 Å². The first kappa shape index (κ1) is 13.8. The molecule has 2 unspecified atom stereocenters. The Morgan fingerprint density at radius 3 is 2.55 bits per heavy atom. The number of hydrogen-bond acceptors (Lipinski definition) is 3. The summed E-state index contributed by atoms with van der Waals surface area (Å²) in [5.74, 6) is 1.21. The first-order valence-electron chi connectivity index (χ1n) is 6.79. The molecule has 1 saturated carbocycles. The molecule has 0 spiro atoms. The minimum Gasteiger partial charge on any atom is -0.338 e. The van der Waals surface area contributed by atoms with Crippen molar-refractivity contribution >= 4 is 34.2 Å². The Hall–Kier alpha value is -1.18. The number of rotatable bonds is 2. The average Bonchev–Trinajstić information content (AvgIpc) is 2.98. The number of nitrogens with zero attached hydrogens (tertiary/aromatic N) is 2. The van der Waals surface area contributed by atoms with Crippen LogP contribution in [0.5, 0.6) is 0 Å². The highest BCUT2D eigenvalue weighted by molar-refractivity contribution is 14.1. The number of fused-ring (bicyclic) bond motifs is 1. The predicted octanol–water partition coefficient (Wildman–Crippen LogP) is 3.07. The number of benzene rings is 1. The first-order chi connectivity index (χ1) is 9.56. The number of likely N-dealkylation sites (tertiary alicyclic amines) is 1. The molecule has 0 bridgehead atoms.